The Hall–Kier alpha value is -3.06. The minimum atomic E-state index is -0.219. The van der Waals surface area contributed by atoms with Gasteiger partial charge in [0.05, 0.1) is 22.9 Å². The first-order chi connectivity index (χ1) is 13.7. The Morgan fingerprint density at radius 1 is 1.00 bits per heavy atom. The van der Waals surface area contributed by atoms with Gasteiger partial charge in [-0.2, -0.15) is 0 Å². The molecule has 7 heteroatoms. The summed E-state index contributed by atoms with van der Waals surface area (Å²) in [7, 11) is 0. The Kier molecular flexibility index (Phi) is 5.43. The first kappa shape index (κ1) is 18.3. The average Bonchev–Trinajstić information content (AvgIpc) is 2.74. The molecule has 144 valence electrons. The lowest BCUT2D eigenvalue weighted by Crippen LogP contribution is -2.48. The molecule has 2 heterocycles. The van der Waals surface area contributed by atoms with E-state index in [1.165, 1.54) is 12.3 Å². The summed E-state index contributed by atoms with van der Waals surface area (Å²) in [6, 6.07) is 14.3. The Morgan fingerprint density at radius 2 is 1.71 bits per heavy atom. The molecular formula is C21H22FN5O. The van der Waals surface area contributed by atoms with Gasteiger partial charge in [-0.25, -0.2) is 9.37 Å². The van der Waals surface area contributed by atoms with Crippen LogP contribution in [0.3, 0.4) is 0 Å². The van der Waals surface area contributed by atoms with Gasteiger partial charge < -0.3 is 10.2 Å². The minimum Gasteiger partial charge on any atom is -0.367 e. The quantitative estimate of drug-likeness (QED) is 0.737. The van der Waals surface area contributed by atoms with E-state index in [0.717, 1.165) is 38.2 Å². The molecule has 1 aliphatic heterocycles. The van der Waals surface area contributed by atoms with Crippen molar-refractivity contribution in [2.75, 3.05) is 44.2 Å². The zero-order valence-electron chi connectivity index (χ0n) is 15.5. The van der Waals surface area contributed by atoms with Gasteiger partial charge in [0.2, 0.25) is 0 Å². The van der Waals surface area contributed by atoms with Crippen LogP contribution in [0.5, 0.6) is 0 Å². The predicted molar refractivity (Wildman–Crippen MR) is 107 cm³/mol. The summed E-state index contributed by atoms with van der Waals surface area (Å²) in [5.41, 5.74) is 2.46. The van der Waals surface area contributed by atoms with Crippen molar-refractivity contribution in [3.8, 4) is 0 Å². The number of hydrogen-bond donors (Lipinski definition) is 1. The maximum absolute atomic E-state index is 13.9. The zero-order valence-corrected chi connectivity index (χ0v) is 15.5. The van der Waals surface area contributed by atoms with Gasteiger partial charge in [-0.1, -0.05) is 24.3 Å². The SMILES string of the molecule is O=C(NCCN1CCN(c2ccccc2F)CC1)c1cnc2ccccc2n1. The maximum Gasteiger partial charge on any atom is 0.271 e. The van der Waals surface area contributed by atoms with Crippen molar-refractivity contribution in [3.05, 3.63) is 66.2 Å². The van der Waals surface area contributed by atoms with Crippen molar-refractivity contribution in [2.24, 2.45) is 0 Å². The smallest absolute Gasteiger partial charge is 0.271 e. The third-order valence-electron chi connectivity index (χ3n) is 4.96. The summed E-state index contributed by atoms with van der Waals surface area (Å²) in [5.74, 6) is -0.400. The van der Waals surface area contributed by atoms with Crippen molar-refractivity contribution in [1.29, 1.82) is 0 Å². The number of fused-ring (bicyclic) bond motifs is 1. The molecule has 28 heavy (non-hydrogen) atoms. The second-order valence-corrected chi connectivity index (χ2v) is 6.78. The lowest BCUT2D eigenvalue weighted by Gasteiger charge is -2.36. The number of anilines is 1. The number of nitrogens with one attached hydrogen (secondary N) is 1. The largest absolute Gasteiger partial charge is 0.367 e. The number of benzene rings is 2. The van der Waals surface area contributed by atoms with Crippen LogP contribution in [0.2, 0.25) is 0 Å². The number of rotatable bonds is 5. The molecular weight excluding hydrogens is 357 g/mol. The molecule has 2 aromatic carbocycles. The molecule has 0 aliphatic carbocycles. The molecule has 0 spiro atoms. The number of nitrogens with zero attached hydrogens (tertiary/aromatic N) is 4. The van der Waals surface area contributed by atoms with E-state index in [0.29, 0.717) is 23.4 Å². The number of amides is 1. The average molecular weight is 379 g/mol. The summed E-state index contributed by atoms with van der Waals surface area (Å²) in [6.07, 6.45) is 1.50. The fourth-order valence-corrected chi connectivity index (χ4v) is 3.41. The molecule has 1 aromatic heterocycles. The van der Waals surface area contributed by atoms with Crippen LogP contribution in [0, 0.1) is 5.82 Å². The fourth-order valence-electron chi connectivity index (χ4n) is 3.41. The maximum atomic E-state index is 13.9. The van der Waals surface area contributed by atoms with Crippen LogP contribution in [-0.2, 0) is 0 Å². The third kappa shape index (κ3) is 4.09. The third-order valence-corrected chi connectivity index (χ3v) is 4.96. The number of aromatic nitrogens is 2. The van der Waals surface area contributed by atoms with Crippen LogP contribution < -0.4 is 10.2 Å². The van der Waals surface area contributed by atoms with E-state index in [2.05, 4.69) is 25.1 Å². The normalized spacial score (nSPS) is 15.0. The van der Waals surface area contributed by atoms with Gasteiger partial charge in [-0.05, 0) is 24.3 Å². The molecule has 1 saturated heterocycles. The number of carbonyl (C=O) groups is 1. The van der Waals surface area contributed by atoms with Crippen LogP contribution in [0.4, 0.5) is 10.1 Å². The predicted octanol–water partition coefficient (Wildman–Crippen LogP) is 2.32. The van der Waals surface area contributed by atoms with Crippen LogP contribution >= 0.6 is 0 Å². The van der Waals surface area contributed by atoms with Crippen molar-refractivity contribution in [3.63, 3.8) is 0 Å². The number of carbonyl (C=O) groups excluding carboxylic acids is 1. The summed E-state index contributed by atoms with van der Waals surface area (Å²) < 4.78 is 13.9. The van der Waals surface area contributed by atoms with E-state index in [9.17, 15) is 9.18 Å². The minimum absolute atomic E-state index is 0.181. The monoisotopic (exact) mass is 379 g/mol. The van der Waals surface area contributed by atoms with Gasteiger partial charge in [0.15, 0.2) is 0 Å². The molecule has 6 nitrogen and oxygen atoms in total. The molecule has 0 unspecified atom stereocenters. The summed E-state index contributed by atoms with van der Waals surface area (Å²) in [5, 5.41) is 2.91. The van der Waals surface area contributed by atoms with E-state index >= 15 is 0 Å². The molecule has 1 amide bonds. The highest BCUT2D eigenvalue weighted by Crippen LogP contribution is 2.19. The topological polar surface area (TPSA) is 61.4 Å². The molecule has 4 rings (SSSR count). The number of halogens is 1. The summed E-state index contributed by atoms with van der Waals surface area (Å²) in [6.45, 7) is 4.49. The highest BCUT2D eigenvalue weighted by molar-refractivity contribution is 5.93. The van der Waals surface area contributed by atoms with Crippen LogP contribution in [0.15, 0.2) is 54.7 Å². The van der Waals surface area contributed by atoms with E-state index in [4.69, 9.17) is 0 Å². The molecule has 0 bridgehead atoms. The van der Waals surface area contributed by atoms with Crippen molar-refractivity contribution in [1.82, 2.24) is 20.2 Å². The summed E-state index contributed by atoms with van der Waals surface area (Å²) >= 11 is 0. The lowest BCUT2D eigenvalue weighted by molar-refractivity contribution is 0.0942. The summed E-state index contributed by atoms with van der Waals surface area (Å²) in [4.78, 5) is 25.3. The van der Waals surface area contributed by atoms with Crippen LogP contribution in [0.25, 0.3) is 11.0 Å². The standard InChI is InChI=1S/C21H22FN5O/c22-16-5-1-4-8-20(16)27-13-11-26(12-14-27)10-9-23-21(28)19-15-24-17-6-2-3-7-18(17)25-19/h1-8,15H,9-14H2,(H,23,28). The number of piperazine rings is 1. The molecule has 3 aromatic rings. The zero-order chi connectivity index (χ0) is 19.3. The highest BCUT2D eigenvalue weighted by atomic mass is 19.1. The molecule has 0 atom stereocenters. The van der Waals surface area contributed by atoms with Crippen LogP contribution in [0.1, 0.15) is 10.5 Å². The molecule has 0 radical (unpaired) electrons. The van der Waals surface area contributed by atoms with Gasteiger partial charge in [0, 0.05) is 39.3 Å². The highest BCUT2D eigenvalue weighted by Gasteiger charge is 2.19. The lowest BCUT2D eigenvalue weighted by atomic mass is 10.2. The van der Waals surface area contributed by atoms with E-state index in [1.54, 1.807) is 6.07 Å². The number of hydrogen-bond acceptors (Lipinski definition) is 5. The Balaban J connectivity index is 1.25. The second kappa shape index (κ2) is 8.31. The van der Waals surface area contributed by atoms with Crippen molar-refractivity contribution < 1.29 is 9.18 Å². The van der Waals surface area contributed by atoms with Crippen LogP contribution in [-0.4, -0.2) is 60.0 Å². The Morgan fingerprint density at radius 3 is 2.50 bits per heavy atom. The second-order valence-electron chi connectivity index (χ2n) is 6.78. The molecule has 1 aliphatic rings. The molecule has 1 N–H and O–H groups in total. The van der Waals surface area contributed by atoms with Gasteiger partial charge >= 0.3 is 0 Å². The van der Waals surface area contributed by atoms with E-state index in [-0.39, 0.29) is 11.7 Å². The van der Waals surface area contributed by atoms with Gasteiger partial charge in [-0.15, -0.1) is 0 Å². The van der Waals surface area contributed by atoms with Gasteiger partial charge in [-0.3, -0.25) is 14.7 Å². The Bertz CT molecular complexity index is 972. The number of para-hydroxylation sites is 3. The Labute approximate surface area is 163 Å². The van der Waals surface area contributed by atoms with Gasteiger partial charge in [0.1, 0.15) is 11.5 Å². The van der Waals surface area contributed by atoms with Gasteiger partial charge in [0.25, 0.3) is 5.91 Å². The first-order valence-electron chi connectivity index (χ1n) is 9.42. The molecule has 0 saturated carbocycles. The first-order valence-corrected chi connectivity index (χ1v) is 9.42. The van der Waals surface area contributed by atoms with Crippen molar-refractivity contribution in [2.45, 2.75) is 0 Å². The van der Waals surface area contributed by atoms with Crippen molar-refractivity contribution >= 4 is 22.6 Å². The van der Waals surface area contributed by atoms with E-state index in [1.807, 2.05) is 36.4 Å². The fraction of sp³-hybridized carbons (Fsp3) is 0.286. The van der Waals surface area contributed by atoms with E-state index < -0.39 is 0 Å². The molecule has 1 fully saturated rings.